The summed E-state index contributed by atoms with van der Waals surface area (Å²) in [7, 11) is 1.66. The van der Waals surface area contributed by atoms with E-state index >= 15 is 0 Å². The van der Waals surface area contributed by atoms with Crippen LogP contribution in [-0.2, 0) is 0 Å². The molecule has 0 saturated carbocycles. The summed E-state index contributed by atoms with van der Waals surface area (Å²) in [6.45, 7) is 0. The highest BCUT2D eigenvalue weighted by Crippen LogP contribution is 2.30. The maximum absolute atomic E-state index is 6.05. The van der Waals surface area contributed by atoms with Crippen molar-refractivity contribution in [3.05, 3.63) is 23.2 Å². The number of ether oxygens (including phenoxy) is 1. The highest BCUT2D eigenvalue weighted by Gasteiger charge is 2.18. The summed E-state index contributed by atoms with van der Waals surface area (Å²) in [4.78, 5) is 0. The maximum Gasteiger partial charge on any atom is 0.121 e. The molecule has 1 N–H and O–H groups in total. The van der Waals surface area contributed by atoms with Crippen LogP contribution in [0.1, 0.15) is 0 Å². The molecule has 0 aliphatic carbocycles. The van der Waals surface area contributed by atoms with E-state index in [-0.39, 0.29) is 0 Å². The molecule has 0 aromatic heterocycles. The van der Waals surface area contributed by atoms with Crippen LogP contribution < -0.4 is 10.1 Å². The van der Waals surface area contributed by atoms with Crippen LogP contribution in [0.2, 0.25) is 5.02 Å². The molecule has 4 heteroatoms. The SMILES string of the molecule is COc1ccc(Cl)c(NC2CSC2)c1. The highest BCUT2D eigenvalue weighted by molar-refractivity contribution is 8.00. The molecule has 2 nitrogen and oxygen atoms in total. The molecule has 0 unspecified atom stereocenters. The molecular formula is C10H12ClNOS. The van der Waals surface area contributed by atoms with Gasteiger partial charge in [-0.25, -0.2) is 0 Å². The van der Waals surface area contributed by atoms with Crippen molar-refractivity contribution in [2.24, 2.45) is 0 Å². The lowest BCUT2D eigenvalue weighted by Crippen LogP contribution is -2.33. The van der Waals surface area contributed by atoms with Gasteiger partial charge in [0.2, 0.25) is 0 Å². The van der Waals surface area contributed by atoms with E-state index in [0.717, 1.165) is 28.0 Å². The van der Waals surface area contributed by atoms with Crippen LogP contribution in [0.5, 0.6) is 5.75 Å². The van der Waals surface area contributed by atoms with Gasteiger partial charge in [0.1, 0.15) is 5.75 Å². The van der Waals surface area contributed by atoms with Crippen LogP contribution in [0.15, 0.2) is 18.2 Å². The topological polar surface area (TPSA) is 21.3 Å². The van der Waals surface area contributed by atoms with Gasteiger partial charge in [0, 0.05) is 23.6 Å². The second-order valence-corrected chi connectivity index (χ2v) is 4.71. The molecule has 1 aliphatic heterocycles. The van der Waals surface area contributed by atoms with Crippen molar-refractivity contribution < 1.29 is 4.74 Å². The molecule has 1 saturated heterocycles. The number of halogens is 1. The Hall–Kier alpha value is -0.540. The normalized spacial score (nSPS) is 16.1. The third-order valence-electron chi connectivity index (χ3n) is 2.17. The first-order valence-corrected chi connectivity index (χ1v) is 6.00. The highest BCUT2D eigenvalue weighted by atomic mass is 35.5. The Morgan fingerprint density at radius 3 is 2.86 bits per heavy atom. The first kappa shape index (κ1) is 9.99. The van der Waals surface area contributed by atoms with E-state index in [1.165, 1.54) is 0 Å². The molecule has 76 valence electrons. The monoisotopic (exact) mass is 229 g/mol. The molecule has 0 spiro atoms. The number of hydrogen-bond donors (Lipinski definition) is 1. The summed E-state index contributed by atoms with van der Waals surface area (Å²) in [6, 6.07) is 6.22. The molecule has 1 heterocycles. The van der Waals surface area contributed by atoms with Gasteiger partial charge in [0.25, 0.3) is 0 Å². The van der Waals surface area contributed by atoms with Gasteiger partial charge < -0.3 is 10.1 Å². The van der Waals surface area contributed by atoms with E-state index in [4.69, 9.17) is 16.3 Å². The summed E-state index contributed by atoms with van der Waals surface area (Å²) in [5.74, 6) is 3.16. The van der Waals surface area contributed by atoms with Crippen LogP contribution in [0.3, 0.4) is 0 Å². The van der Waals surface area contributed by atoms with Crippen molar-refractivity contribution in [2.75, 3.05) is 23.9 Å². The standard InChI is InChI=1S/C10H12ClNOS/c1-13-8-2-3-9(11)10(4-8)12-7-5-14-6-7/h2-4,7,12H,5-6H2,1H3. The fraction of sp³-hybridized carbons (Fsp3) is 0.400. The lowest BCUT2D eigenvalue weighted by Gasteiger charge is -2.27. The van der Waals surface area contributed by atoms with E-state index in [9.17, 15) is 0 Å². The second-order valence-electron chi connectivity index (χ2n) is 3.22. The molecule has 0 amide bonds. The van der Waals surface area contributed by atoms with Crippen LogP contribution >= 0.6 is 23.4 Å². The zero-order chi connectivity index (χ0) is 9.97. The van der Waals surface area contributed by atoms with Crippen molar-refractivity contribution in [1.82, 2.24) is 0 Å². The molecule has 1 aromatic carbocycles. The number of thioether (sulfide) groups is 1. The number of benzene rings is 1. The molecule has 0 radical (unpaired) electrons. The van der Waals surface area contributed by atoms with Crippen molar-refractivity contribution in [3.8, 4) is 5.75 Å². The van der Waals surface area contributed by atoms with Gasteiger partial charge >= 0.3 is 0 Å². The molecule has 0 bridgehead atoms. The van der Waals surface area contributed by atoms with Gasteiger partial charge in [-0.2, -0.15) is 11.8 Å². The van der Waals surface area contributed by atoms with Gasteiger partial charge in [-0.05, 0) is 12.1 Å². The number of methoxy groups -OCH3 is 1. The second kappa shape index (κ2) is 4.32. The quantitative estimate of drug-likeness (QED) is 0.861. The molecule has 1 aromatic rings. The molecular weight excluding hydrogens is 218 g/mol. The Morgan fingerprint density at radius 1 is 1.50 bits per heavy atom. The van der Waals surface area contributed by atoms with Gasteiger partial charge in [0.15, 0.2) is 0 Å². The fourth-order valence-electron chi connectivity index (χ4n) is 1.28. The Bertz CT molecular complexity index is 328. The average Bonchev–Trinajstić information content (AvgIpc) is 2.14. The smallest absolute Gasteiger partial charge is 0.121 e. The minimum atomic E-state index is 0.560. The van der Waals surface area contributed by atoms with Crippen LogP contribution in [0.25, 0.3) is 0 Å². The van der Waals surface area contributed by atoms with E-state index < -0.39 is 0 Å². The predicted octanol–water partition coefficient (Wildman–Crippen LogP) is 2.88. The first-order chi connectivity index (χ1) is 6.79. The average molecular weight is 230 g/mol. The summed E-state index contributed by atoms with van der Waals surface area (Å²) in [6.07, 6.45) is 0. The van der Waals surface area contributed by atoms with Crippen LogP contribution in [-0.4, -0.2) is 24.7 Å². The van der Waals surface area contributed by atoms with E-state index in [0.29, 0.717) is 6.04 Å². The van der Waals surface area contributed by atoms with Crippen molar-refractivity contribution in [1.29, 1.82) is 0 Å². The van der Waals surface area contributed by atoms with Crippen molar-refractivity contribution >= 4 is 29.1 Å². The summed E-state index contributed by atoms with van der Waals surface area (Å²) >= 11 is 8.00. The Kier molecular flexibility index (Phi) is 3.08. The van der Waals surface area contributed by atoms with E-state index in [1.807, 2.05) is 30.0 Å². The van der Waals surface area contributed by atoms with Gasteiger partial charge in [0.05, 0.1) is 17.8 Å². The first-order valence-electron chi connectivity index (χ1n) is 4.47. The summed E-state index contributed by atoms with van der Waals surface area (Å²) < 4.78 is 5.14. The van der Waals surface area contributed by atoms with Gasteiger partial charge in [-0.3, -0.25) is 0 Å². The van der Waals surface area contributed by atoms with Crippen molar-refractivity contribution in [3.63, 3.8) is 0 Å². The number of hydrogen-bond acceptors (Lipinski definition) is 3. The Balaban J connectivity index is 2.13. The predicted molar refractivity (Wildman–Crippen MR) is 62.7 cm³/mol. The fourth-order valence-corrected chi connectivity index (χ4v) is 2.09. The molecule has 0 atom stereocenters. The summed E-state index contributed by atoms with van der Waals surface area (Å²) in [5, 5.41) is 4.14. The maximum atomic E-state index is 6.05. The zero-order valence-corrected chi connectivity index (χ0v) is 9.49. The molecule has 1 aliphatic rings. The van der Waals surface area contributed by atoms with E-state index in [1.54, 1.807) is 7.11 Å². The minimum Gasteiger partial charge on any atom is -0.497 e. The third kappa shape index (κ3) is 2.10. The number of anilines is 1. The van der Waals surface area contributed by atoms with Crippen molar-refractivity contribution in [2.45, 2.75) is 6.04 Å². The molecule has 1 fully saturated rings. The lowest BCUT2D eigenvalue weighted by molar-refractivity contribution is 0.415. The van der Waals surface area contributed by atoms with Gasteiger partial charge in [-0.15, -0.1) is 0 Å². The lowest BCUT2D eigenvalue weighted by atomic mass is 10.2. The third-order valence-corrected chi connectivity index (χ3v) is 3.78. The van der Waals surface area contributed by atoms with Gasteiger partial charge in [-0.1, -0.05) is 11.6 Å². The van der Waals surface area contributed by atoms with Crippen LogP contribution in [0.4, 0.5) is 5.69 Å². The zero-order valence-electron chi connectivity index (χ0n) is 7.92. The summed E-state index contributed by atoms with van der Waals surface area (Å²) in [5.41, 5.74) is 0.969. The number of rotatable bonds is 3. The molecule has 2 rings (SSSR count). The Labute approximate surface area is 93.0 Å². The largest absolute Gasteiger partial charge is 0.497 e. The van der Waals surface area contributed by atoms with Crippen LogP contribution in [0, 0.1) is 0 Å². The van der Waals surface area contributed by atoms with E-state index in [2.05, 4.69) is 5.32 Å². The Morgan fingerprint density at radius 2 is 2.29 bits per heavy atom. The minimum absolute atomic E-state index is 0.560. The molecule has 14 heavy (non-hydrogen) atoms. The number of nitrogens with one attached hydrogen (secondary N) is 1.